The number of benzene rings is 2. The molecule has 0 radical (unpaired) electrons. The van der Waals surface area contributed by atoms with Crippen molar-refractivity contribution in [2.24, 2.45) is 0 Å². The molecule has 3 heteroatoms. The van der Waals surface area contributed by atoms with Crippen LogP contribution in [0.5, 0.6) is 5.75 Å². The molecule has 0 atom stereocenters. The topological polar surface area (TPSA) is 20.2 Å². The van der Waals surface area contributed by atoms with E-state index in [1.807, 2.05) is 18.2 Å². The molecule has 74 valence electrons. The summed E-state index contributed by atoms with van der Waals surface area (Å²) in [6.07, 6.45) is 0. The molecule has 1 N–H and O–H groups in total. The molecule has 3 rings (SSSR count). The van der Waals surface area contributed by atoms with Crippen LogP contribution in [0.1, 0.15) is 0 Å². The molecule has 0 bridgehead atoms. The molecule has 1 heterocycles. The zero-order valence-corrected chi connectivity index (χ0v) is 10.1. The Hall–Kier alpha value is -1.06. The molecule has 0 saturated carbocycles. The van der Waals surface area contributed by atoms with E-state index in [0.29, 0.717) is 5.75 Å². The van der Waals surface area contributed by atoms with Gasteiger partial charge in [-0.1, -0.05) is 28.1 Å². The summed E-state index contributed by atoms with van der Waals surface area (Å²) in [4.78, 5) is 0. The Kier molecular flexibility index (Phi) is 1.97. The number of fused-ring (bicyclic) bond motifs is 3. The minimum absolute atomic E-state index is 0.366. The van der Waals surface area contributed by atoms with Gasteiger partial charge in [-0.05, 0) is 24.3 Å². The summed E-state index contributed by atoms with van der Waals surface area (Å²) in [6, 6.07) is 11.8. The van der Waals surface area contributed by atoms with Gasteiger partial charge in [-0.15, -0.1) is 11.3 Å². The quantitative estimate of drug-likeness (QED) is 0.641. The van der Waals surface area contributed by atoms with Crippen LogP contribution >= 0.6 is 27.3 Å². The molecular formula is C12H7BrOS. The maximum atomic E-state index is 9.74. The predicted molar refractivity (Wildman–Crippen MR) is 68.7 cm³/mol. The maximum Gasteiger partial charge on any atom is 0.133 e. The fraction of sp³-hybridized carbons (Fsp3) is 0. The van der Waals surface area contributed by atoms with Crippen LogP contribution in [0.25, 0.3) is 20.2 Å². The van der Waals surface area contributed by atoms with E-state index in [1.165, 1.54) is 10.1 Å². The number of aromatic hydroxyl groups is 1. The fourth-order valence-electron chi connectivity index (χ4n) is 1.76. The number of hydrogen-bond acceptors (Lipinski definition) is 2. The third kappa shape index (κ3) is 1.34. The monoisotopic (exact) mass is 278 g/mol. The Morgan fingerprint density at radius 1 is 1.07 bits per heavy atom. The first-order chi connectivity index (χ1) is 7.25. The molecule has 0 saturated heterocycles. The van der Waals surface area contributed by atoms with Gasteiger partial charge >= 0.3 is 0 Å². The molecule has 15 heavy (non-hydrogen) atoms. The lowest BCUT2D eigenvalue weighted by atomic mass is 10.1. The van der Waals surface area contributed by atoms with E-state index in [0.717, 1.165) is 14.6 Å². The standard InChI is InChI=1S/C12H7BrOS/c13-7-4-5-11-9(6-7)8-2-1-3-10(14)12(8)15-11/h1-6,14H. The zero-order valence-electron chi connectivity index (χ0n) is 7.70. The fourth-order valence-corrected chi connectivity index (χ4v) is 3.21. The molecule has 0 spiro atoms. The van der Waals surface area contributed by atoms with Gasteiger partial charge in [-0.25, -0.2) is 0 Å². The van der Waals surface area contributed by atoms with Crippen LogP contribution in [0.15, 0.2) is 40.9 Å². The van der Waals surface area contributed by atoms with Crippen LogP contribution in [0, 0.1) is 0 Å². The molecular weight excluding hydrogens is 272 g/mol. The van der Waals surface area contributed by atoms with Gasteiger partial charge in [0.05, 0.1) is 4.70 Å². The van der Waals surface area contributed by atoms with Gasteiger partial charge in [0, 0.05) is 19.9 Å². The zero-order chi connectivity index (χ0) is 10.4. The summed E-state index contributed by atoms with van der Waals surface area (Å²) < 4.78 is 3.23. The average molecular weight is 279 g/mol. The van der Waals surface area contributed by atoms with Crippen LogP contribution in [0.3, 0.4) is 0 Å². The minimum Gasteiger partial charge on any atom is -0.506 e. The Morgan fingerprint density at radius 2 is 1.93 bits per heavy atom. The van der Waals surface area contributed by atoms with Crippen LogP contribution in [0.4, 0.5) is 0 Å². The normalized spacial score (nSPS) is 11.3. The van der Waals surface area contributed by atoms with Gasteiger partial charge in [0.1, 0.15) is 5.75 Å². The summed E-state index contributed by atoms with van der Waals surface area (Å²) in [6.45, 7) is 0. The largest absolute Gasteiger partial charge is 0.506 e. The summed E-state index contributed by atoms with van der Waals surface area (Å²) >= 11 is 5.09. The first kappa shape index (κ1) is 9.19. The number of halogens is 1. The average Bonchev–Trinajstić information content (AvgIpc) is 2.58. The molecule has 0 fully saturated rings. The molecule has 0 aliphatic rings. The molecule has 1 nitrogen and oxygen atoms in total. The van der Waals surface area contributed by atoms with Gasteiger partial charge in [-0.3, -0.25) is 0 Å². The van der Waals surface area contributed by atoms with E-state index >= 15 is 0 Å². The smallest absolute Gasteiger partial charge is 0.133 e. The van der Waals surface area contributed by atoms with E-state index in [4.69, 9.17) is 0 Å². The molecule has 3 aromatic rings. The molecule has 0 aliphatic heterocycles. The second-order valence-corrected chi connectivity index (χ2v) is 5.36. The highest BCUT2D eigenvalue weighted by molar-refractivity contribution is 9.10. The molecule has 0 unspecified atom stereocenters. The van der Waals surface area contributed by atoms with Gasteiger partial charge in [0.25, 0.3) is 0 Å². The van der Waals surface area contributed by atoms with Crippen molar-refractivity contribution in [3.63, 3.8) is 0 Å². The minimum atomic E-state index is 0.366. The summed E-state index contributed by atoms with van der Waals surface area (Å²) in [5.41, 5.74) is 0. The molecule has 0 amide bonds. The summed E-state index contributed by atoms with van der Waals surface area (Å²) in [5.74, 6) is 0.366. The van der Waals surface area contributed by atoms with Crippen LogP contribution in [0.2, 0.25) is 0 Å². The van der Waals surface area contributed by atoms with Crippen molar-refractivity contribution in [1.29, 1.82) is 0 Å². The van der Waals surface area contributed by atoms with Crippen molar-refractivity contribution >= 4 is 47.4 Å². The number of phenolic OH excluding ortho intramolecular Hbond substituents is 1. The molecule has 0 aliphatic carbocycles. The SMILES string of the molecule is Oc1cccc2c1sc1ccc(Br)cc12. The van der Waals surface area contributed by atoms with Crippen molar-refractivity contribution in [3.8, 4) is 5.75 Å². The van der Waals surface area contributed by atoms with Gasteiger partial charge < -0.3 is 5.11 Å². The first-order valence-corrected chi connectivity index (χ1v) is 6.16. The van der Waals surface area contributed by atoms with E-state index < -0.39 is 0 Å². The Labute approximate surface area is 99.1 Å². The third-order valence-corrected chi connectivity index (χ3v) is 4.14. The Morgan fingerprint density at radius 3 is 2.80 bits per heavy atom. The lowest BCUT2D eigenvalue weighted by Gasteiger charge is -1.93. The van der Waals surface area contributed by atoms with Crippen LogP contribution in [-0.2, 0) is 0 Å². The number of thiophene rings is 1. The Balaban J connectivity index is 2.58. The van der Waals surface area contributed by atoms with Crippen molar-refractivity contribution in [1.82, 2.24) is 0 Å². The van der Waals surface area contributed by atoms with E-state index in [9.17, 15) is 5.11 Å². The van der Waals surface area contributed by atoms with Crippen LogP contribution in [-0.4, -0.2) is 5.11 Å². The maximum absolute atomic E-state index is 9.74. The predicted octanol–water partition coefficient (Wildman–Crippen LogP) is 4.52. The van der Waals surface area contributed by atoms with Crippen molar-refractivity contribution in [2.75, 3.05) is 0 Å². The van der Waals surface area contributed by atoms with Crippen LogP contribution < -0.4 is 0 Å². The second-order valence-electron chi connectivity index (χ2n) is 3.40. The lowest BCUT2D eigenvalue weighted by Crippen LogP contribution is -1.67. The van der Waals surface area contributed by atoms with E-state index in [-0.39, 0.29) is 0 Å². The second kappa shape index (κ2) is 3.22. The lowest BCUT2D eigenvalue weighted by molar-refractivity contribution is 0.482. The Bertz CT molecular complexity index is 657. The van der Waals surface area contributed by atoms with Gasteiger partial charge in [-0.2, -0.15) is 0 Å². The van der Waals surface area contributed by atoms with Crippen molar-refractivity contribution < 1.29 is 5.11 Å². The van der Waals surface area contributed by atoms with E-state index in [1.54, 1.807) is 17.4 Å². The highest BCUT2D eigenvalue weighted by Crippen LogP contribution is 2.39. The number of rotatable bonds is 0. The third-order valence-electron chi connectivity index (χ3n) is 2.44. The van der Waals surface area contributed by atoms with Gasteiger partial charge in [0.2, 0.25) is 0 Å². The van der Waals surface area contributed by atoms with Crippen molar-refractivity contribution in [3.05, 3.63) is 40.9 Å². The summed E-state index contributed by atoms with van der Waals surface area (Å²) in [7, 11) is 0. The number of phenols is 1. The molecule has 2 aromatic carbocycles. The molecule has 1 aromatic heterocycles. The van der Waals surface area contributed by atoms with Crippen molar-refractivity contribution in [2.45, 2.75) is 0 Å². The van der Waals surface area contributed by atoms with Gasteiger partial charge in [0.15, 0.2) is 0 Å². The van der Waals surface area contributed by atoms with E-state index in [2.05, 4.69) is 28.1 Å². The highest BCUT2D eigenvalue weighted by atomic mass is 79.9. The summed E-state index contributed by atoms with van der Waals surface area (Å²) in [5, 5.41) is 12.1. The highest BCUT2D eigenvalue weighted by Gasteiger charge is 2.07. The first-order valence-electron chi connectivity index (χ1n) is 4.55. The number of hydrogen-bond donors (Lipinski definition) is 1.